The molecule has 1 aromatic heterocycles. The van der Waals surface area contributed by atoms with Crippen molar-refractivity contribution >= 4 is 27.7 Å². The molecule has 0 atom stereocenters. The van der Waals surface area contributed by atoms with Crippen LogP contribution >= 0.6 is 27.7 Å². The van der Waals surface area contributed by atoms with Crippen LogP contribution in [0.2, 0.25) is 0 Å². The van der Waals surface area contributed by atoms with Crippen molar-refractivity contribution in [2.75, 3.05) is 0 Å². The molecule has 15 heavy (non-hydrogen) atoms. The lowest BCUT2D eigenvalue weighted by atomic mass is 9.87. The summed E-state index contributed by atoms with van der Waals surface area (Å²) in [5.41, 5.74) is 4.52. The van der Waals surface area contributed by atoms with Crippen LogP contribution in [0.3, 0.4) is 0 Å². The highest BCUT2D eigenvalue weighted by Crippen LogP contribution is 2.42. The summed E-state index contributed by atoms with van der Waals surface area (Å²) in [6.45, 7) is 0. The van der Waals surface area contributed by atoms with Gasteiger partial charge in [0.2, 0.25) is 0 Å². The first-order chi connectivity index (χ1) is 7.36. The molecule has 1 fully saturated rings. The second-order valence-electron chi connectivity index (χ2n) is 4.64. The van der Waals surface area contributed by atoms with Gasteiger partial charge in [0.25, 0.3) is 0 Å². The molecule has 2 aliphatic rings. The van der Waals surface area contributed by atoms with Crippen LogP contribution in [0.5, 0.6) is 0 Å². The fourth-order valence-corrected chi connectivity index (χ4v) is 4.85. The van der Waals surface area contributed by atoms with Crippen LogP contribution in [0.1, 0.15) is 55.0 Å². The fraction of sp³-hybridized carbons (Fsp3) is 0.667. The Morgan fingerprint density at radius 2 is 1.93 bits per heavy atom. The molecule has 2 heterocycles. The number of halogens is 1. The summed E-state index contributed by atoms with van der Waals surface area (Å²) in [7, 11) is 0. The van der Waals surface area contributed by atoms with Crippen LogP contribution in [-0.4, -0.2) is 4.98 Å². The van der Waals surface area contributed by atoms with Crippen molar-refractivity contribution in [3.63, 3.8) is 0 Å². The predicted molar refractivity (Wildman–Crippen MR) is 69.3 cm³/mol. The maximum atomic E-state index is 3.79. The normalized spacial score (nSPS) is 21.9. The van der Waals surface area contributed by atoms with Crippen molar-refractivity contribution in [1.29, 1.82) is 0 Å². The SMILES string of the molecule is Brc1c(C2CCCCC2)[nH]c2c1CSC2. The van der Waals surface area contributed by atoms with Gasteiger partial charge in [0.1, 0.15) is 0 Å². The first-order valence-corrected chi connectivity index (χ1v) is 7.78. The van der Waals surface area contributed by atoms with E-state index in [1.165, 1.54) is 59.5 Å². The number of aromatic nitrogens is 1. The van der Waals surface area contributed by atoms with Crippen LogP contribution in [-0.2, 0) is 11.5 Å². The number of fused-ring (bicyclic) bond motifs is 1. The Bertz CT molecular complexity index is 366. The smallest absolute Gasteiger partial charge is 0.0429 e. The minimum atomic E-state index is 0.795. The van der Waals surface area contributed by atoms with E-state index < -0.39 is 0 Å². The first kappa shape index (κ1) is 10.3. The molecular weight excluding hydrogens is 270 g/mol. The molecule has 1 N–H and O–H groups in total. The summed E-state index contributed by atoms with van der Waals surface area (Å²) in [6.07, 6.45) is 7.02. The van der Waals surface area contributed by atoms with E-state index in [4.69, 9.17) is 0 Å². The van der Waals surface area contributed by atoms with Crippen molar-refractivity contribution in [2.24, 2.45) is 0 Å². The standard InChI is InChI=1S/C12H16BrNS/c13-11-9-6-15-7-10(9)14-12(11)8-4-2-1-3-5-8/h8,14H,1-7H2. The molecule has 3 rings (SSSR count). The summed E-state index contributed by atoms with van der Waals surface area (Å²) in [4.78, 5) is 3.66. The Balaban J connectivity index is 1.91. The lowest BCUT2D eigenvalue weighted by Gasteiger charge is -2.21. The Kier molecular flexibility index (Phi) is 2.86. The third-order valence-corrected chi connectivity index (χ3v) is 5.55. The van der Waals surface area contributed by atoms with Crippen molar-refractivity contribution in [1.82, 2.24) is 4.98 Å². The Hall–Kier alpha value is 0.110. The topological polar surface area (TPSA) is 15.8 Å². The van der Waals surface area contributed by atoms with Gasteiger partial charge >= 0.3 is 0 Å². The molecule has 1 nitrogen and oxygen atoms in total. The molecular formula is C12H16BrNS. The predicted octanol–water partition coefficient (Wildman–Crippen LogP) is 4.57. The number of H-pyrrole nitrogens is 1. The summed E-state index contributed by atoms with van der Waals surface area (Å²) in [5, 5.41) is 0. The molecule has 1 aliphatic carbocycles. The Morgan fingerprint density at radius 3 is 2.67 bits per heavy atom. The zero-order chi connectivity index (χ0) is 10.3. The highest BCUT2D eigenvalue weighted by Gasteiger charge is 2.25. The van der Waals surface area contributed by atoms with E-state index in [1.807, 2.05) is 11.8 Å². The number of thioether (sulfide) groups is 1. The zero-order valence-electron chi connectivity index (χ0n) is 8.81. The van der Waals surface area contributed by atoms with Gasteiger partial charge in [0, 0.05) is 33.3 Å². The second kappa shape index (κ2) is 4.17. The van der Waals surface area contributed by atoms with E-state index in [0.29, 0.717) is 0 Å². The molecule has 1 saturated carbocycles. The molecule has 0 unspecified atom stereocenters. The summed E-state index contributed by atoms with van der Waals surface area (Å²) < 4.78 is 1.40. The highest BCUT2D eigenvalue weighted by atomic mass is 79.9. The van der Waals surface area contributed by atoms with Gasteiger partial charge in [-0.25, -0.2) is 0 Å². The molecule has 1 aromatic rings. The van der Waals surface area contributed by atoms with E-state index in [1.54, 1.807) is 5.56 Å². The van der Waals surface area contributed by atoms with Crippen molar-refractivity contribution in [3.8, 4) is 0 Å². The molecule has 0 radical (unpaired) electrons. The average Bonchev–Trinajstić information content (AvgIpc) is 2.83. The van der Waals surface area contributed by atoms with E-state index in [9.17, 15) is 0 Å². The maximum absolute atomic E-state index is 3.79. The molecule has 3 heteroatoms. The molecule has 1 aliphatic heterocycles. The lowest BCUT2D eigenvalue weighted by molar-refractivity contribution is 0.436. The summed E-state index contributed by atoms with van der Waals surface area (Å²) in [5.74, 6) is 3.17. The zero-order valence-corrected chi connectivity index (χ0v) is 11.2. The molecule has 0 amide bonds. The van der Waals surface area contributed by atoms with Crippen molar-refractivity contribution in [3.05, 3.63) is 21.4 Å². The maximum Gasteiger partial charge on any atom is 0.0429 e. The van der Waals surface area contributed by atoms with Gasteiger partial charge in [-0.3, -0.25) is 0 Å². The van der Waals surface area contributed by atoms with Crippen LogP contribution in [0.15, 0.2) is 4.47 Å². The number of rotatable bonds is 1. The minimum Gasteiger partial charge on any atom is -0.360 e. The molecule has 0 aromatic carbocycles. The van der Waals surface area contributed by atoms with Gasteiger partial charge in [-0.15, -0.1) is 0 Å². The van der Waals surface area contributed by atoms with E-state index in [0.717, 1.165) is 5.92 Å². The number of hydrogen-bond donors (Lipinski definition) is 1. The number of nitrogens with one attached hydrogen (secondary N) is 1. The third kappa shape index (κ3) is 1.78. The van der Waals surface area contributed by atoms with Crippen LogP contribution in [0.25, 0.3) is 0 Å². The van der Waals surface area contributed by atoms with Crippen molar-refractivity contribution in [2.45, 2.75) is 49.5 Å². The highest BCUT2D eigenvalue weighted by molar-refractivity contribution is 9.10. The largest absolute Gasteiger partial charge is 0.360 e. The molecule has 0 bridgehead atoms. The van der Waals surface area contributed by atoms with Crippen molar-refractivity contribution < 1.29 is 0 Å². The number of hydrogen-bond acceptors (Lipinski definition) is 1. The van der Waals surface area contributed by atoms with Crippen LogP contribution < -0.4 is 0 Å². The van der Waals surface area contributed by atoms with E-state index in [2.05, 4.69) is 20.9 Å². The van der Waals surface area contributed by atoms with Gasteiger partial charge in [0.15, 0.2) is 0 Å². The van der Waals surface area contributed by atoms with Gasteiger partial charge in [0.05, 0.1) is 0 Å². The molecule has 0 saturated heterocycles. The third-order valence-electron chi connectivity index (χ3n) is 3.66. The minimum absolute atomic E-state index is 0.795. The summed E-state index contributed by atoms with van der Waals surface area (Å²) in [6, 6.07) is 0. The lowest BCUT2D eigenvalue weighted by Crippen LogP contribution is -2.05. The van der Waals surface area contributed by atoms with Crippen LogP contribution in [0.4, 0.5) is 0 Å². The van der Waals surface area contributed by atoms with Gasteiger partial charge in [-0.05, 0) is 34.3 Å². The van der Waals surface area contributed by atoms with Crippen LogP contribution in [0, 0.1) is 0 Å². The van der Waals surface area contributed by atoms with Gasteiger partial charge in [-0.1, -0.05) is 19.3 Å². The monoisotopic (exact) mass is 285 g/mol. The molecule has 82 valence electrons. The summed E-state index contributed by atoms with van der Waals surface area (Å²) >= 11 is 5.81. The first-order valence-electron chi connectivity index (χ1n) is 5.83. The van der Waals surface area contributed by atoms with Gasteiger partial charge < -0.3 is 4.98 Å². The van der Waals surface area contributed by atoms with E-state index >= 15 is 0 Å². The average molecular weight is 286 g/mol. The van der Waals surface area contributed by atoms with Gasteiger partial charge in [-0.2, -0.15) is 11.8 Å². The Morgan fingerprint density at radius 1 is 1.13 bits per heavy atom. The fourth-order valence-electron chi connectivity index (χ4n) is 2.79. The number of aromatic amines is 1. The van der Waals surface area contributed by atoms with E-state index in [-0.39, 0.29) is 0 Å². The molecule has 0 spiro atoms. The Labute approximate surface area is 104 Å². The second-order valence-corrected chi connectivity index (χ2v) is 6.42. The quantitative estimate of drug-likeness (QED) is 0.799.